The summed E-state index contributed by atoms with van der Waals surface area (Å²) in [6.45, 7) is 6.76. The molecule has 0 spiro atoms. The topological polar surface area (TPSA) is 74.8 Å². The van der Waals surface area contributed by atoms with Crippen molar-refractivity contribution in [2.75, 3.05) is 49.6 Å². The average molecular weight is 501 g/mol. The number of piperidine rings is 1. The number of carbonyl (C=O) groups is 2. The van der Waals surface area contributed by atoms with Gasteiger partial charge in [-0.15, -0.1) is 0 Å². The molecular formula is C30H36N4O3. The van der Waals surface area contributed by atoms with Crippen LogP contribution in [0.15, 0.2) is 54.6 Å². The number of amides is 2. The van der Waals surface area contributed by atoms with Crippen LogP contribution in [0.5, 0.6) is 0 Å². The van der Waals surface area contributed by atoms with Crippen molar-refractivity contribution in [1.29, 1.82) is 0 Å². The summed E-state index contributed by atoms with van der Waals surface area (Å²) < 4.78 is 5.45. The molecule has 2 fully saturated rings. The van der Waals surface area contributed by atoms with E-state index in [-0.39, 0.29) is 24.7 Å². The van der Waals surface area contributed by atoms with Gasteiger partial charge in [0.15, 0.2) is 0 Å². The van der Waals surface area contributed by atoms with E-state index in [0.717, 1.165) is 86.6 Å². The van der Waals surface area contributed by atoms with E-state index >= 15 is 0 Å². The molecule has 0 radical (unpaired) electrons. The normalized spacial score (nSPS) is 16.7. The van der Waals surface area contributed by atoms with Crippen molar-refractivity contribution in [3.63, 3.8) is 0 Å². The molecule has 3 aromatic rings. The molecule has 2 saturated heterocycles. The smallest absolute Gasteiger partial charge is 0.224 e. The van der Waals surface area contributed by atoms with Crippen LogP contribution in [0.4, 0.5) is 11.5 Å². The van der Waals surface area contributed by atoms with Gasteiger partial charge >= 0.3 is 0 Å². The van der Waals surface area contributed by atoms with Crippen molar-refractivity contribution in [3.05, 3.63) is 65.7 Å². The lowest BCUT2D eigenvalue weighted by Gasteiger charge is -2.32. The molecule has 0 saturated carbocycles. The predicted octanol–water partition coefficient (Wildman–Crippen LogP) is 4.58. The van der Waals surface area contributed by atoms with Gasteiger partial charge in [-0.1, -0.05) is 30.3 Å². The van der Waals surface area contributed by atoms with Gasteiger partial charge in [-0.2, -0.15) is 0 Å². The second kappa shape index (κ2) is 11.7. The lowest BCUT2D eigenvalue weighted by atomic mass is 9.90. The number of hydrogen-bond acceptors (Lipinski definition) is 5. The number of likely N-dealkylation sites (tertiary alicyclic amines) is 1. The number of pyridine rings is 1. The standard InChI is InChI=1S/C30H36N4O3/c1-22-19-28(33-15-17-37-18-16-33)32-27-8-7-25(21-26(22)27)31-29(35)9-10-30(36)34-13-11-24(12-14-34)20-23-5-3-2-4-6-23/h2-8,19,21,24H,9-18,20H2,1H3,(H,31,35). The Hall–Kier alpha value is -3.45. The number of aryl methyl sites for hydroxylation is 1. The summed E-state index contributed by atoms with van der Waals surface area (Å²) in [5, 5.41) is 3.99. The first-order valence-electron chi connectivity index (χ1n) is 13.4. The van der Waals surface area contributed by atoms with Gasteiger partial charge in [0.2, 0.25) is 11.8 Å². The molecule has 0 aliphatic carbocycles. The molecule has 0 atom stereocenters. The molecule has 3 heterocycles. The number of morpholine rings is 1. The van der Waals surface area contributed by atoms with E-state index in [1.165, 1.54) is 5.56 Å². The van der Waals surface area contributed by atoms with Crippen LogP contribution < -0.4 is 10.2 Å². The first kappa shape index (κ1) is 25.2. The Balaban J connectivity index is 1.10. The van der Waals surface area contributed by atoms with E-state index < -0.39 is 0 Å². The van der Waals surface area contributed by atoms with Crippen LogP contribution in [0.2, 0.25) is 0 Å². The van der Waals surface area contributed by atoms with E-state index in [0.29, 0.717) is 5.92 Å². The summed E-state index contributed by atoms with van der Waals surface area (Å²) in [6.07, 6.45) is 3.54. The summed E-state index contributed by atoms with van der Waals surface area (Å²) in [7, 11) is 0. The van der Waals surface area contributed by atoms with Crippen LogP contribution in [0.25, 0.3) is 10.9 Å². The van der Waals surface area contributed by atoms with Crippen molar-refractivity contribution in [3.8, 4) is 0 Å². The largest absolute Gasteiger partial charge is 0.378 e. The predicted molar refractivity (Wildman–Crippen MR) is 147 cm³/mol. The van der Waals surface area contributed by atoms with E-state index in [9.17, 15) is 9.59 Å². The maximum absolute atomic E-state index is 12.7. The highest BCUT2D eigenvalue weighted by Crippen LogP contribution is 2.26. The fourth-order valence-corrected chi connectivity index (χ4v) is 5.34. The Morgan fingerprint density at radius 1 is 0.973 bits per heavy atom. The summed E-state index contributed by atoms with van der Waals surface area (Å²) in [4.78, 5) is 34.3. The molecule has 2 aliphatic rings. The number of nitrogens with zero attached hydrogens (tertiary/aromatic N) is 3. The second-order valence-electron chi connectivity index (χ2n) is 10.2. The van der Waals surface area contributed by atoms with Crippen LogP contribution >= 0.6 is 0 Å². The molecule has 7 heteroatoms. The molecule has 2 aliphatic heterocycles. The fraction of sp³-hybridized carbons (Fsp3) is 0.433. The quantitative estimate of drug-likeness (QED) is 0.514. The van der Waals surface area contributed by atoms with Crippen molar-refractivity contribution < 1.29 is 14.3 Å². The lowest BCUT2D eigenvalue weighted by molar-refractivity contribution is -0.134. The van der Waals surface area contributed by atoms with Crippen LogP contribution in [0.3, 0.4) is 0 Å². The number of rotatable bonds is 7. The molecule has 2 aromatic carbocycles. The Morgan fingerprint density at radius 3 is 2.49 bits per heavy atom. The maximum atomic E-state index is 12.7. The lowest BCUT2D eigenvalue weighted by Crippen LogP contribution is -2.39. The van der Waals surface area contributed by atoms with E-state index in [2.05, 4.69) is 47.5 Å². The Kier molecular flexibility index (Phi) is 7.99. The Bertz CT molecular complexity index is 1230. The van der Waals surface area contributed by atoms with Gasteiger partial charge in [-0.3, -0.25) is 9.59 Å². The number of fused-ring (bicyclic) bond motifs is 1. The van der Waals surface area contributed by atoms with Crippen molar-refractivity contribution in [1.82, 2.24) is 9.88 Å². The summed E-state index contributed by atoms with van der Waals surface area (Å²) in [6, 6.07) is 18.5. The molecule has 2 amide bonds. The molecule has 1 aromatic heterocycles. The van der Waals surface area contributed by atoms with E-state index in [4.69, 9.17) is 9.72 Å². The summed E-state index contributed by atoms with van der Waals surface area (Å²) in [5.41, 5.74) is 4.12. The number of aromatic nitrogens is 1. The first-order chi connectivity index (χ1) is 18.0. The highest BCUT2D eigenvalue weighted by molar-refractivity contribution is 5.96. The maximum Gasteiger partial charge on any atom is 0.224 e. The number of nitrogens with one attached hydrogen (secondary N) is 1. The molecular weight excluding hydrogens is 464 g/mol. The number of hydrogen-bond donors (Lipinski definition) is 1. The van der Waals surface area contributed by atoms with Gasteiger partial charge in [-0.05, 0) is 67.5 Å². The van der Waals surface area contributed by atoms with Gasteiger partial charge < -0.3 is 19.9 Å². The van der Waals surface area contributed by atoms with Crippen LogP contribution in [-0.4, -0.2) is 61.1 Å². The molecule has 1 N–H and O–H groups in total. The third-order valence-electron chi connectivity index (χ3n) is 7.52. The Morgan fingerprint density at radius 2 is 1.73 bits per heavy atom. The van der Waals surface area contributed by atoms with Gasteiger partial charge in [0.1, 0.15) is 5.82 Å². The molecule has 37 heavy (non-hydrogen) atoms. The third kappa shape index (κ3) is 6.46. The van der Waals surface area contributed by atoms with Gasteiger partial charge in [-0.25, -0.2) is 4.98 Å². The third-order valence-corrected chi connectivity index (χ3v) is 7.52. The first-order valence-corrected chi connectivity index (χ1v) is 13.4. The monoisotopic (exact) mass is 500 g/mol. The summed E-state index contributed by atoms with van der Waals surface area (Å²) >= 11 is 0. The molecule has 194 valence electrons. The fourth-order valence-electron chi connectivity index (χ4n) is 5.34. The Labute approximate surface area is 218 Å². The number of ether oxygens (including phenoxy) is 1. The molecule has 7 nitrogen and oxygen atoms in total. The van der Waals surface area contributed by atoms with E-state index in [1.807, 2.05) is 29.2 Å². The highest BCUT2D eigenvalue weighted by Gasteiger charge is 2.23. The number of carbonyl (C=O) groups excluding carboxylic acids is 2. The molecule has 5 rings (SSSR count). The second-order valence-corrected chi connectivity index (χ2v) is 10.2. The zero-order valence-electron chi connectivity index (χ0n) is 21.6. The van der Waals surface area contributed by atoms with Crippen molar-refractivity contribution >= 4 is 34.2 Å². The minimum absolute atomic E-state index is 0.0718. The van der Waals surface area contributed by atoms with Crippen LogP contribution in [0.1, 0.15) is 36.8 Å². The zero-order valence-corrected chi connectivity index (χ0v) is 21.6. The highest BCUT2D eigenvalue weighted by atomic mass is 16.5. The van der Waals surface area contributed by atoms with Gasteiger partial charge in [0, 0.05) is 50.1 Å². The van der Waals surface area contributed by atoms with Crippen molar-refractivity contribution in [2.45, 2.75) is 39.0 Å². The summed E-state index contributed by atoms with van der Waals surface area (Å²) in [5.74, 6) is 1.52. The number of anilines is 2. The minimum Gasteiger partial charge on any atom is -0.378 e. The number of benzene rings is 2. The molecule has 0 bridgehead atoms. The minimum atomic E-state index is -0.137. The zero-order chi connectivity index (χ0) is 25.6. The van der Waals surface area contributed by atoms with Crippen LogP contribution in [-0.2, 0) is 20.7 Å². The van der Waals surface area contributed by atoms with Crippen LogP contribution in [0, 0.1) is 12.8 Å². The van der Waals surface area contributed by atoms with E-state index in [1.54, 1.807) is 0 Å². The SMILES string of the molecule is Cc1cc(N2CCOCC2)nc2ccc(NC(=O)CCC(=O)N3CCC(Cc4ccccc4)CC3)cc12. The van der Waals surface area contributed by atoms with Gasteiger partial charge in [0.25, 0.3) is 0 Å². The average Bonchev–Trinajstić information content (AvgIpc) is 2.93. The molecule has 0 unspecified atom stereocenters. The van der Waals surface area contributed by atoms with Crippen molar-refractivity contribution in [2.24, 2.45) is 5.92 Å². The van der Waals surface area contributed by atoms with Gasteiger partial charge in [0.05, 0.1) is 18.7 Å².